The lowest BCUT2D eigenvalue weighted by molar-refractivity contribution is 0.225. The molecule has 1 atom stereocenters. The van der Waals surface area contributed by atoms with E-state index in [9.17, 15) is 9.90 Å². The second-order valence-electron chi connectivity index (χ2n) is 7.42. The lowest BCUT2D eigenvalue weighted by Crippen LogP contribution is -2.34. The summed E-state index contributed by atoms with van der Waals surface area (Å²) in [5.41, 5.74) is 2.77. The molecule has 0 bridgehead atoms. The first-order valence-corrected chi connectivity index (χ1v) is 11.2. The Bertz CT molecular complexity index is 1310. The highest BCUT2D eigenvalue weighted by atomic mass is 35.5. The number of amides is 2. The summed E-state index contributed by atoms with van der Waals surface area (Å²) in [7, 11) is 0. The highest BCUT2D eigenvalue weighted by Crippen LogP contribution is 2.25. The van der Waals surface area contributed by atoms with Crippen molar-refractivity contribution in [3.63, 3.8) is 0 Å². The smallest absolute Gasteiger partial charge is 0.319 e. The highest BCUT2D eigenvalue weighted by Gasteiger charge is 2.16. The van der Waals surface area contributed by atoms with Crippen molar-refractivity contribution >= 4 is 46.6 Å². The zero-order chi connectivity index (χ0) is 24.1. The number of rotatable bonds is 7. The van der Waals surface area contributed by atoms with Gasteiger partial charge in [-0.25, -0.2) is 9.78 Å². The number of aliphatic hydroxyl groups is 1. The standard InChI is InChI=1S/C24H22Cl2N6O2/c1-15-19(29-24(34)30-21(14-33)16-5-4-6-17(25)13-16)10-12-32(15)22-9-11-27-23(31-22)28-20-8-3-2-7-18(20)26/h2-13,21,33H,14H2,1H3,(H,27,28,31)(H2,29,30,34)/t21-/m1/s1. The Kier molecular flexibility index (Phi) is 7.32. The van der Waals surface area contributed by atoms with E-state index in [0.717, 1.165) is 5.69 Å². The average Bonchev–Trinajstić information content (AvgIpc) is 3.19. The molecule has 4 aromatic rings. The van der Waals surface area contributed by atoms with Crippen LogP contribution in [-0.2, 0) is 0 Å². The van der Waals surface area contributed by atoms with Crippen LogP contribution in [0.4, 0.5) is 22.1 Å². The van der Waals surface area contributed by atoms with Gasteiger partial charge in [0.1, 0.15) is 5.82 Å². The van der Waals surface area contributed by atoms with Gasteiger partial charge in [0.05, 0.1) is 29.0 Å². The van der Waals surface area contributed by atoms with Gasteiger partial charge in [0, 0.05) is 23.1 Å². The fourth-order valence-corrected chi connectivity index (χ4v) is 3.77. The van der Waals surface area contributed by atoms with E-state index < -0.39 is 12.1 Å². The second kappa shape index (κ2) is 10.6. The topological polar surface area (TPSA) is 104 Å². The van der Waals surface area contributed by atoms with Gasteiger partial charge in [-0.05, 0) is 48.9 Å². The second-order valence-corrected chi connectivity index (χ2v) is 8.26. The third-order valence-corrected chi connectivity index (χ3v) is 5.70. The molecule has 0 unspecified atom stereocenters. The molecular formula is C24H22Cl2N6O2. The largest absolute Gasteiger partial charge is 0.394 e. The van der Waals surface area contributed by atoms with Crippen LogP contribution in [0.5, 0.6) is 0 Å². The molecule has 0 aliphatic carbocycles. The van der Waals surface area contributed by atoms with Crippen molar-refractivity contribution in [3.05, 3.63) is 94.4 Å². The summed E-state index contributed by atoms with van der Waals surface area (Å²) in [5, 5.41) is 19.5. The van der Waals surface area contributed by atoms with Crippen LogP contribution in [0.2, 0.25) is 10.0 Å². The third-order valence-electron chi connectivity index (χ3n) is 5.14. The SMILES string of the molecule is Cc1c(NC(=O)N[C@H](CO)c2cccc(Cl)c2)ccn1-c1ccnc(Nc2ccccc2Cl)n1. The Balaban J connectivity index is 1.47. The predicted octanol–water partition coefficient (Wildman–Crippen LogP) is 5.48. The number of halogens is 2. The normalized spacial score (nSPS) is 11.6. The van der Waals surface area contributed by atoms with Crippen LogP contribution in [0.1, 0.15) is 17.3 Å². The van der Waals surface area contributed by atoms with Crippen molar-refractivity contribution < 1.29 is 9.90 Å². The van der Waals surface area contributed by atoms with Gasteiger partial charge in [0.15, 0.2) is 0 Å². The number of anilines is 3. The van der Waals surface area contributed by atoms with E-state index >= 15 is 0 Å². The van der Waals surface area contributed by atoms with Gasteiger partial charge >= 0.3 is 6.03 Å². The monoisotopic (exact) mass is 496 g/mol. The summed E-state index contributed by atoms with van der Waals surface area (Å²) in [5.74, 6) is 1.00. The van der Waals surface area contributed by atoms with Crippen LogP contribution in [0.25, 0.3) is 5.82 Å². The molecule has 0 spiro atoms. The minimum absolute atomic E-state index is 0.268. The number of urea groups is 1. The first kappa shape index (κ1) is 23.6. The lowest BCUT2D eigenvalue weighted by Gasteiger charge is -2.17. The van der Waals surface area contributed by atoms with Gasteiger partial charge < -0.3 is 25.6 Å². The summed E-state index contributed by atoms with van der Waals surface area (Å²) < 4.78 is 1.83. The molecule has 2 aromatic heterocycles. The van der Waals surface area contributed by atoms with Crippen molar-refractivity contribution in [3.8, 4) is 5.82 Å². The van der Waals surface area contributed by atoms with Gasteiger partial charge in [0.25, 0.3) is 0 Å². The van der Waals surface area contributed by atoms with Gasteiger partial charge in [0.2, 0.25) is 5.95 Å². The van der Waals surface area contributed by atoms with Crippen LogP contribution in [-0.4, -0.2) is 32.3 Å². The first-order valence-electron chi connectivity index (χ1n) is 10.4. The Morgan fingerprint density at radius 3 is 2.68 bits per heavy atom. The molecule has 0 aliphatic heterocycles. The fourth-order valence-electron chi connectivity index (χ4n) is 3.39. The van der Waals surface area contributed by atoms with E-state index in [-0.39, 0.29) is 6.61 Å². The van der Waals surface area contributed by atoms with Crippen LogP contribution < -0.4 is 16.0 Å². The number of hydrogen-bond acceptors (Lipinski definition) is 5. The summed E-state index contributed by atoms with van der Waals surface area (Å²) in [6.45, 7) is 1.59. The molecule has 4 rings (SSSR count). The minimum atomic E-state index is -0.596. The van der Waals surface area contributed by atoms with Gasteiger partial charge in [-0.2, -0.15) is 4.98 Å². The molecule has 10 heteroatoms. The van der Waals surface area contributed by atoms with Crippen LogP contribution in [0.3, 0.4) is 0 Å². The molecule has 0 aliphatic rings. The Morgan fingerprint density at radius 2 is 1.91 bits per heavy atom. The molecule has 2 aromatic carbocycles. The van der Waals surface area contributed by atoms with E-state index in [2.05, 4.69) is 25.9 Å². The van der Waals surface area contributed by atoms with E-state index in [4.69, 9.17) is 23.2 Å². The maximum atomic E-state index is 12.6. The Morgan fingerprint density at radius 1 is 1.09 bits per heavy atom. The van der Waals surface area contributed by atoms with Crippen molar-refractivity contribution in [2.45, 2.75) is 13.0 Å². The van der Waals surface area contributed by atoms with Crippen LogP contribution >= 0.6 is 23.2 Å². The number of nitrogens with zero attached hydrogens (tertiary/aromatic N) is 3. The summed E-state index contributed by atoms with van der Waals surface area (Å²) in [4.78, 5) is 21.4. The summed E-state index contributed by atoms with van der Waals surface area (Å²) >= 11 is 12.2. The van der Waals surface area contributed by atoms with Gasteiger partial charge in [-0.1, -0.05) is 47.5 Å². The molecule has 174 valence electrons. The molecule has 0 radical (unpaired) electrons. The lowest BCUT2D eigenvalue weighted by atomic mass is 10.1. The van der Waals surface area contributed by atoms with Gasteiger partial charge in [-0.3, -0.25) is 0 Å². The molecule has 0 saturated heterocycles. The van der Waals surface area contributed by atoms with E-state index in [1.54, 1.807) is 54.9 Å². The van der Waals surface area contributed by atoms with Crippen LogP contribution in [0, 0.1) is 6.92 Å². The van der Waals surface area contributed by atoms with Crippen molar-refractivity contribution in [2.75, 3.05) is 17.2 Å². The Hall–Kier alpha value is -3.59. The molecular weight excluding hydrogens is 475 g/mol. The van der Waals surface area contributed by atoms with E-state index in [0.29, 0.717) is 38.7 Å². The van der Waals surface area contributed by atoms with Crippen LogP contribution in [0.15, 0.2) is 73.1 Å². The maximum Gasteiger partial charge on any atom is 0.319 e. The number of carbonyl (C=O) groups is 1. The first-order chi connectivity index (χ1) is 16.4. The third kappa shape index (κ3) is 5.48. The van der Waals surface area contributed by atoms with E-state index in [1.807, 2.05) is 29.7 Å². The molecule has 0 fully saturated rings. The average molecular weight is 497 g/mol. The number of carbonyl (C=O) groups excluding carboxylic acids is 1. The highest BCUT2D eigenvalue weighted by molar-refractivity contribution is 6.33. The summed E-state index contributed by atoms with van der Waals surface area (Å²) in [6, 6.07) is 16.8. The number of para-hydroxylation sites is 1. The van der Waals surface area contributed by atoms with Gasteiger partial charge in [-0.15, -0.1) is 0 Å². The molecule has 2 amide bonds. The fraction of sp³-hybridized carbons (Fsp3) is 0.125. The quantitative estimate of drug-likeness (QED) is 0.271. The molecule has 0 saturated carbocycles. The number of benzene rings is 2. The predicted molar refractivity (Wildman–Crippen MR) is 134 cm³/mol. The van der Waals surface area contributed by atoms with Crippen molar-refractivity contribution in [2.24, 2.45) is 0 Å². The van der Waals surface area contributed by atoms with E-state index in [1.165, 1.54) is 0 Å². The number of aromatic nitrogens is 3. The Labute approximate surface area is 206 Å². The molecule has 4 N–H and O–H groups in total. The van der Waals surface area contributed by atoms with Crippen molar-refractivity contribution in [1.82, 2.24) is 19.9 Å². The molecule has 34 heavy (non-hydrogen) atoms. The molecule has 2 heterocycles. The number of hydrogen-bond donors (Lipinski definition) is 4. The zero-order valence-corrected chi connectivity index (χ0v) is 19.7. The number of nitrogens with one attached hydrogen (secondary N) is 3. The molecule has 8 nitrogen and oxygen atoms in total. The maximum absolute atomic E-state index is 12.6. The van der Waals surface area contributed by atoms with Crippen molar-refractivity contribution in [1.29, 1.82) is 0 Å². The zero-order valence-electron chi connectivity index (χ0n) is 18.2. The number of aliphatic hydroxyl groups excluding tert-OH is 1. The minimum Gasteiger partial charge on any atom is -0.394 e. The summed E-state index contributed by atoms with van der Waals surface area (Å²) in [6.07, 6.45) is 3.44.